The fourth-order valence-corrected chi connectivity index (χ4v) is 10.5. The molecule has 0 saturated carbocycles. The summed E-state index contributed by atoms with van der Waals surface area (Å²) in [6.07, 6.45) is 0. The van der Waals surface area contributed by atoms with Gasteiger partial charge in [0.2, 0.25) is 0 Å². The summed E-state index contributed by atoms with van der Waals surface area (Å²) in [5.41, 5.74) is 16.5. The van der Waals surface area contributed by atoms with Gasteiger partial charge in [0.05, 0.1) is 16.7 Å². The average molecular weight is 735 g/mol. The first-order valence-corrected chi connectivity index (χ1v) is 20.1. The van der Waals surface area contributed by atoms with Gasteiger partial charge in [-0.05, 0) is 136 Å². The summed E-state index contributed by atoms with van der Waals surface area (Å²) in [7, 11) is 0. The van der Waals surface area contributed by atoms with E-state index in [-0.39, 0.29) is 0 Å². The minimum atomic E-state index is -0.527. The van der Waals surface area contributed by atoms with E-state index in [2.05, 4.69) is 211 Å². The van der Waals surface area contributed by atoms with Gasteiger partial charge < -0.3 is 0 Å². The Balaban J connectivity index is 0.951. The molecule has 2 heteroatoms. The van der Waals surface area contributed by atoms with Gasteiger partial charge in [-0.1, -0.05) is 164 Å². The van der Waals surface area contributed by atoms with E-state index in [1.54, 1.807) is 0 Å². The molecule has 0 atom stereocenters. The second kappa shape index (κ2) is 11.7. The summed E-state index contributed by atoms with van der Waals surface area (Å²) in [5, 5.41) is 7.77. The highest BCUT2D eigenvalue weighted by Gasteiger charge is 2.54. The highest BCUT2D eigenvalue weighted by Crippen LogP contribution is 2.60. The van der Waals surface area contributed by atoms with Crippen molar-refractivity contribution in [3.63, 3.8) is 0 Å². The van der Waals surface area contributed by atoms with E-state index in [0.29, 0.717) is 0 Å². The summed E-state index contributed by atoms with van der Waals surface area (Å²) in [6, 6.07) is 76.1. The topological polar surface area (TPSA) is 17.8 Å². The Morgan fingerprint density at radius 1 is 0.328 bits per heavy atom. The molecule has 0 saturated heterocycles. The Bertz CT molecular complexity index is 3450. The van der Waals surface area contributed by atoms with Crippen LogP contribution in [0.5, 0.6) is 0 Å². The number of hydrogen-bond acceptors (Lipinski definition) is 1. The maximum absolute atomic E-state index is 5.44. The van der Waals surface area contributed by atoms with Crippen LogP contribution in [-0.2, 0) is 5.41 Å². The third-order valence-corrected chi connectivity index (χ3v) is 13.0. The molecule has 1 aliphatic heterocycles. The Labute approximate surface area is 335 Å². The number of hydrogen-bond donors (Lipinski definition) is 0. The van der Waals surface area contributed by atoms with E-state index in [4.69, 9.17) is 4.98 Å². The van der Waals surface area contributed by atoms with Crippen LogP contribution in [0.3, 0.4) is 0 Å². The fraction of sp³-hybridized carbons (Fsp3) is 0.0179. The number of imidazole rings is 1. The third kappa shape index (κ3) is 4.18. The molecule has 1 aromatic heterocycles. The molecule has 10 aromatic carbocycles. The van der Waals surface area contributed by atoms with Crippen LogP contribution < -0.4 is 0 Å². The summed E-state index contributed by atoms with van der Waals surface area (Å²) in [5.74, 6) is 1.07. The molecule has 0 radical (unpaired) electrons. The Hall–Kier alpha value is -7.55. The molecule has 2 aliphatic rings. The van der Waals surface area contributed by atoms with Crippen molar-refractivity contribution in [1.82, 2.24) is 9.55 Å². The quantitative estimate of drug-likeness (QED) is 0.165. The van der Waals surface area contributed by atoms with E-state index in [9.17, 15) is 0 Å². The van der Waals surface area contributed by atoms with Gasteiger partial charge in [-0.2, -0.15) is 0 Å². The Kier molecular flexibility index (Phi) is 6.40. The molecule has 0 bridgehead atoms. The fourth-order valence-electron chi connectivity index (χ4n) is 10.5. The SMILES string of the molecule is c1cc(-c2cccc(-c3ccc4c5ccccc5c5ccccc5c4c3)c2)cc(-c2ccc3c(c2)C2(c4ccccc4-c4ccccc42)c2nc4ccccc4n2-3)c1. The van der Waals surface area contributed by atoms with Crippen LogP contribution in [0.25, 0.3) is 93.5 Å². The van der Waals surface area contributed by atoms with Gasteiger partial charge in [-0.15, -0.1) is 0 Å². The molecule has 11 aromatic rings. The lowest BCUT2D eigenvalue weighted by atomic mass is 9.72. The van der Waals surface area contributed by atoms with Crippen molar-refractivity contribution in [2.45, 2.75) is 5.41 Å². The van der Waals surface area contributed by atoms with Crippen molar-refractivity contribution >= 4 is 43.4 Å². The molecule has 1 aliphatic carbocycles. The molecule has 268 valence electrons. The van der Waals surface area contributed by atoms with Crippen molar-refractivity contribution in [3.05, 3.63) is 229 Å². The zero-order valence-electron chi connectivity index (χ0n) is 31.5. The van der Waals surface area contributed by atoms with Crippen LogP contribution in [0.2, 0.25) is 0 Å². The van der Waals surface area contributed by atoms with Gasteiger partial charge in [0.25, 0.3) is 0 Å². The van der Waals surface area contributed by atoms with Crippen molar-refractivity contribution in [3.8, 4) is 50.2 Å². The standard InChI is InChI=1S/C56H34N2/c1-2-19-43-41(17-1)42-18-3-4-20-44(42)48-33-39(27-29-45(43)48)37-15-11-13-35(31-37)36-14-12-16-38(32-36)40-28-30-53-51(34-40)56(55-57-52-25-9-10-26-54(52)58(53)55)49-23-7-5-21-46(49)47-22-6-8-24-50(47)56/h1-34H. The molecule has 0 unspecified atom stereocenters. The first-order chi connectivity index (χ1) is 28.8. The van der Waals surface area contributed by atoms with Crippen LogP contribution in [0.4, 0.5) is 0 Å². The van der Waals surface area contributed by atoms with Crippen molar-refractivity contribution < 1.29 is 0 Å². The summed E-state index contributed by atoms with van der Waals surface area (Å²) >= 11 is 0. The zero-order chi connectivity index (χ0) is 38.0. The van der Waals surface area contributed by atoms with Crippen molar-refractivity contribution in [2.75, 3.05) is 0 Å². The monoisotopic (exact) mass is 734 g/mol. The largest absolute Gasteiger partial charge is 0.295 e. The van der Waals surface area contributed by atoms with E-state index in [1.165, 1.54) is 99.2 Å². The summed E-state index contributed by atoms with van der Waals surface area (Å²) in [4.78, 5) is 5.44. The van der Waals surface area contributed by atoms with Gasteiger partial charge in [0.1, 0.15) is 11.2 Å². The molecular weight excluding hydrogens is 701 g/mol. The average Bonchev–Trinajstić information content (AvgIpc) is 3.93. The lowest BCUT2D eigenvalue weighted by Crippen LogP contribution is -2.27. The Morgan fingerprint density at radius 3 is 1.41 bits per heavy atom. The molecular formula is C56H34N2. The molecule has 1 spiro atoms. The number of fused-ring (bicyclic) bond motifs is 18. The zero-order valence-corrected chi connectivity index (χ0v) is 31.5. The predicted octanol–water partition coefficient (Wildman–Crippen LogP) is 14.2. The molecule has 58 heavy (non-hydrogen) atoms. The van der Waals surface area contributed by atoms with Crippen molar-refractivity contribution in [2.24, 2.45) is 0 Å². The number of aromatic nitrogens is 2. The number of para-hydroxylation sites is 2. The smallest absolute Gasteiger partial charge is 0.134 e. The second-order valence-corrected chi connectivity index (χ2v) is 15.8. The van der Waals surface area contributed by atoms with Crippen LogP contribution in [0.1, 0.15) is 22.5 Å². The number of rotatable bonds is 3. The predicted molar refractivity (Wildman–Crippen MR) is 241 cm³/mol. The summed E-state index contributed by atoms with van der Waals surface area (Å²) < 4.78 is 2.41. The maximum Gasteiger partial charge on any atom is 0.134 e. The van der Waals surface area contributed by atoms with E-state index < -0.39 is 5.41 Å². The van der Waals surface area contributed by atoms with Crippen LogP contribution in [0, 0.1) is 0 Å². The molecule has 0 amide bonds. The normalized spacial score (nSPS) is 13.3. The number of nitrogens with zero attached hydrogens (tertiary/aromatic N) is 2. The molecule has 2 heterocycles. The van der Waals surface area contributed by atoms with E-state index in [0.717, 1.165) is 16.9 Å². The molecule has 0 fully saturated rings. The minimum Gasteiger partial charge on any atom is -0.295 e. The molecule has 13 rings (SSSR count). The van der Waals surface area contributed by atoms with Gasteiger partial charge in [-0.25, -0.2) is 4.98 Å². The minimum absolute atomic E-state index is 0.527. The lowest BCUT2D eigenvalue weighted by Gasteiger charge is -2.27. The van der Waals surface area contributed by atoms with Gasteiger partial charge in [-0.3, -0.25) is 4.57 Å². The highest BCUT2D eigenvalue weighted by molar-refractivity contribution is 6.25. The van der Waals surface area contributed by atoms with Gasteiger partial charge in [0.15, 0.2) is 0 Å². The lowest BCUT2D eigenvalue weighted by molar-refractivity contribution is 0.738. The third-order valence-electron chi connectivity index (χ3n) is 13.0. The van der Waals surface area contributed by atoms with Gasteiger partial charge in [0, 0.05) is 0 Å². The first-order valence-electron chi connectivity index (χ1n) is 20.1. The van der Waals surface area contributed by atoms with Gasteiger partial charge >= 0.3 is 0 Å². The maximum atomic E-state index is 5.44. The number of benzene rings is 10. The van der Waals surface area contributed by atoms with Crippen LogP contribution in [0.15, 0.2) is 206 Å². The first kappa shape index (κ1) is 31.6. The van der Waals surface area contributed by atoms with E-state index in [1.807, 2.05) is 0 Å². The van der Waals surface area contributed by atoms with Crippen molar-refractivity contribution in [1.29, 1.82) is 0 Å². The van der Waals surface area contributed by atoms with Crippen LogP contribution >= 0.6 is 0 Å². The Morgan fingerprint density at radius 2 is 0.793 bits per heavy atom. The second-order valence-electron chi connectivity index (χ2n) is 15.8. The summed E-state index contributed by atoms with van der Waals surface area (Å²) in [6.45, 7) is 0. The van der Waals surface area contributed by atoms with Crippen LogP contribution in [-0.4, -0.2) is 9.55 Å². The molecule has 0 N–H and O–H groups in total. The molecule has 2 nitrogen and oxygen atoms in total. The highest BCUT2D eigenvalue weighted by atomic mass is 15.1. The van der Waals surface area contributed by atoms with E-state index >= 15 is 0 Å².